The molecule has 0 spiro atoms. The highest BCUT2D eigenvalue weighted by Crippen LogP contribution is 2.47. The minimum atomic E-state index is -0.0295. The number of piperidine rings is 1. The van der Waals surface area contributed by atoms with Crippen LogP contribution in [0.1, 0.15) is 35.7 Å². The summed E-state index contributed by atoms with van der Waals surface area (Å²) < 4.78 is 16.9. The Bertz CT molecular complexity index is 1470. The van der Waals surface area contributed by atoms with Gasteiger partial charge in [0.15, 0.2) is 23.0 Å². The molecule has 3 aromatic carbocycles. The molecule has 7 rings (SSSR count). The highest BCUT2D eigenvalue weighted by molar-refractivity contribution is 6.28. The first-order valence-corrected chi connectivity index (χ1v) is 11.7. The maximum absolute atomic E-state index is 13.8. The van der Waals surface area contributed by atoms with E-state index in [-0.39, 0.29) is 12.6 Å². The van der Waals surface area contributed by atoms with E-state index in [2.05, 4.69) is 28.4 Å². The Morgan fingerprint density at radius 2 is 1.91 bits per heavy atom. The number of anilines is 3. The van der Waals surface area contributed by atoms with Crippen LogP contribution in [0.25, 0.3) is 22.2 Å². The fourth-order valence-electron chi connectivity index (χ4n) is 5.42. The third-order valence-corrected chi connectivity index (χ3v) is 7.03. The van der Waals surface area contributed by atoms with Crippen molar-refractivity contribution < 1.29 is 18.8 Å². The first kappa shape index (κ1) is 19.5. The van der Waals surface area contributed by atoms with Crippen molar-refractivity contribution >= 4 is 33.7 Å². The summed E-state index contributed by atoms with van der Waals surface area (Å²) in [5.41, 5.74) is 5.32. The quantitative estimate of drug-likeness (QED) is 0.373. The average Bonchev–Trinajstić information content (AvgIpc) is 3.50. The van der Waals surface area contributed by atoms with Crippen molar-refractivity contribution in [1.82, 2.24) is 5.16 Å². The van der Waals surface area contributed by atoms with Gasteiger partial charge in [-0.25, -0.2) is 0 Å². The second-order valence-electron chi connectivity index (χ2n) is 9.31. The van der Waals surface area contributed by atoms with Crippen LogP contribution in [0.5, 0.6) is 11.5 Å². The lowest BCUT2D eigenvalue weighted by Crippen LogP contribution is -2.34. The number of fused-ring (bicyclic) bond motifs is 3. The monoisotopic (exact) mass is 453 g/mol. The summed E-state index contributed by atoms with van der Waals surface area (Å²) in [6.07, 6.45) is 2.35. The molecule has 3 heterocycles. The van der Waals surface area contributed by atoms with Gasteiger partial charge in [0.1, 0.15) is 5.52 Å². The zero-order chi connectivity index (χ0) is 22.8. The lowest BCUT2D eigenvalue weighted by molar-refractivity contribution is 0.104. The van der Waals surface area contributed by atoms with E-state index in [1.54, 1.807) is 0 Å². The topological polar surface area (TPSA) is 76.8 Å². The Morgan fingerprint density at radius 3 is 2.79 bits per heavy atom. The van der Waals surface area contributed by atoms with Crippen molar-refractivity contribution in [1.29, 1.82) is 0 Å². The van der Waals surface area contributed by atoms with Crippen LogP contribution < -0.4 is 19.7 Å². The molecule has 0 saturated carbocycles. The SMILES string of the molecule is C[C@@H]1CCCN(c2cc(Nc3ccc4c(c3)OCO4)c3c4c(onc24)-c2ccccc2C3=O)C1. The van der Waals surface area contributed by atoms with Crippen molar-refractivity contribution in [2.24, 2.45) is 5.92 Å². The molecule has 1 fully saturated rings. The molecule has 1 saturated heterocycles. The van der Waals surface area contributed by atoms with Gasteiger partial charge in [-0.1, -0.05) is 36.3 Å². The van der Waals surface area contributed by atoms with Gasteiger partial charge < -0.3 is 24.2 Å². The van der Waals surface area contributed by atoms with E-state index in [9.17, 15) is 4.79 Å². The van der Waals surface area contributed by atoms with Gasteiger partial charge in [-0.15, -0.1) is 0 Å². The molecule has 34 heavy (non-hydrogen) atoms. The van der Waals surface area contributed by atoms with Crippen LogP contribution in [-0.2, 0) is 0 Å². The molecular weight excluding hydrogens is 430 g/mol. The highest BCUT2D eigenvalue weighted by Gasteiger charge is 2.34. The number of aromatic nitrogens is 1. The number of carbonyl (C=O) groups is 1. The molecule has 4 aromatic rings. The molecule has 0 radical (unpaired) electrons. The van der Waals surface area contributed by atoms with Gasteiger partial charge in [0.05, 0.1) is 22.3 Å². The molecule has 0 bridgehead atoms. The van der Waals surface area contributed by atoms with Crippen molar-refractivity contribution in [3.8, 4) is 22.8 Å². The molecule has 1 atom stereocenters. The summed E-state index contributed by atoms with van der Waals surface area (Å²) in [6, 6.07) is 15.3. The van der Waals surface area contributed by atoms with Crippen LogP contribution in [0.3, 0.4) is 0 Å². The molecule has 7 nitrogen and oxygen atoms in total. The van der Waals surface area contributed by atoms with Crippen LogP contribution in [0.15, 0.2) is 53.1 Å². The standard InChI is InChI=1S/C27H23N3O4/c1-15-5-4-10-30(13-15)20-12-19(28-16-8-9-21-22(11-16)33-14-32-21)23-24-25(20)29-34-27(24)18-7-3-2-6-17(18)26(23)31/h2-3,6-9,11-12,15,28H,4-5,10,13-14H2,1H3/t15-/m1/s1. The molecule has 2 aliphatic heterocycles. The Labute approximate surface area is 196 Å². The molecule has 170 valence electrons. The van der Waals surface area contributed by atoms with Crippen LogP contribution in [0.4, 0.5) is 17.1 Å². The van der Waals surface area contributed by atoms with Crippen LogP contribution in [0, 0.1) is 5.92 Å². The fourth-order valence-corrected chi connectivity index (χ4v) is 5.42. The van der Waals surface area contributed by atoms with Crippen LogP contribution in [-0.4, -0.2) is 30.8 Å². The molecule has 0 unspecified atom stereocenters. The van der Waals surface area contributed by atoms with E-state index in [4.69, 9.17) is 14.0 Å². The predicted molar refractivity (Wildman–Crippen MR) is 129 cm³/mol. The van der Waals surface area contributed by atoms with Crippen molar-refractivity contribution in [2.75, 3.05) is 30.1 Å². The number of ketones is 1. The van der Waals surface area contributed by atoms with Crippen molar-refractivity contribution in [2.45, 2.75) is 19.8 Å². The van der Waals surface area contributed by atoms with Gasteiger partial charge >= 0.3 is 0 Å². The van der Waals surface area contributed by atoms with E-state index in [0.717, 1.165) is 58.8 Å². The number of ether oxygens (including phenoxy) is 2. The number of nitrogens with zero attached hydrogens (tertiary/aromatic N) is 2. The molecule has 1 aliphatic carbocycles. The fraction of sp³-hybridized carbons (Fsp3) is 0.259. The highest BCUT2D eigenvalue weighted by atomic mass is 16.7. The van der Waals surface area contributed by atoms with Crippen molar-refractivity contribution in [3.63, 3.8) is 0 Å². The first-order chi connectivity index (χ1) is 16.7. The predicted octanol–water partition coefficient (Wildman–Crippen LogP) is 5.75. The minimum Gasteiger partial charge on any atom is -0.454 e. The van der Waals surface area contributed by atoms with Crippen LogP contribution in [0.2, 0.25) is 0 Å². The number of carbonyl (C=O) groups excluding carboxylic acids is 1. The number of hydrogen-bond donors (Lipinski definition) is 1. The minimum absolute atomic E-state index is 0.0295. The first-order valence-electron chi connectivity index (χ1n) is 11.7. The lowest BCUT2D eigenvalue weighted by Gasteiger charge is -2.33. The molecule has 1 N–H and O–H groups in total. The van der Waals surface area contributed by atoms with Gasteiger partial charge in [-0.3, -0.25) is 4.79 Å². The van der Waals surface area contributed by atoms with Gasteiger partial charge in [-0.05, 0) is 37.0 Å². The number of hydrogen-bond acceptors (Lipinski definition) is 7. The molecule has 1 aromatic heterocycles. The van der Waals surface area contributed by atoms with E-state index in [1.807, 2.05) is 42.5 Å². The summed E-state index contributed by atoms with van der Waals surface area (Å²) in [5, 5.41) is 8.76. The van der Waals surface area contributed by atoms with E-state index < -0.39 is 0 Å². The maximum atomic E-state index is 13.8. The zero-order valence-corrected chi connectivity index (χ0v) is 18.8. The number of nitrogens with one attached hydrogen (secondary N) is 1. The number of rotatable bonds is 3. The Balaban J connectivity index is 1.45. The summed E-state index contributed by atoms with van der Waals surface area (Å²) in [4.78, 5) is 16.1. The number of benzene rings is 3. The largest absolute Gasteiger partial charge is 0.454 e. The molecular formula is C27H23N3O4. The second-order valence-corrected chi connectivity index (χ2v) is 9.31. The van der Waals surface area contributed by atoms with Crippen LogP contribution >= 0.6 is 0 Å². The Morgan fingerprint density at radius 1 is 1.06 bits per heavy atom. The average molecular weight is 453 g/mol. The van der Waals surface area contributed by atoms with E-state index >= 15 is 0 Å². The molecule has 7 heteroatoms. The smallest absolute Gasteiger partial charge is 0.231 e. The third kappa shape index (κ3) is 2.83. The second kappa shape index (κ2) is 7.25. The van der Waals surface area contributed by atoms with E-state index in [1.165, 1.54) is 6.42 Å². The van der Waals surface area contributed by atoms with Gasteiger partial charge in [-0.2, -0.15) is 0 Å². The van der Waals surface area contributed by atoms with Gasteiger partial charge in [0, 0.05) is 36.0 Å². The normalized spacial score (nSPS) is 18.3. The lowest BCUT2D eigenvalue weighted by atomic mass is 9.86. The third-order valence-electron chi connectivity index (χ3n) is 7.03. The molecule has 0 amide bonds. The Kier molecular flexibility index (Phi) is 4.15. The summed E-state index contributed by atoms with van der Waals surface area (Å²) in [6.45, 7) is 4.40. The van der Waals surface area contributed by atoms with E-state index in [0.29, 0.717) is 28.6 Å². The maximum Gasteiger partial charge on any atom is 0.231 e. The summed E-state index contributed by atoms with van der Waals surface area (Å²) in [5.74, 6) is 2.62. The Hall–Kier alpha value is -4.00. The zero-order valence-electron chi connectivity index (χ0n) is 18.8. The summed E-state index contributed by atoms with van der Waals surface area (Å²) >= 11 is 0. The molecule has 3 aliphatic rings. The van der Waals surface area contributed by atoms with Gasteiger partial charge in [0.25, 0.3) is 0 Å². The van der Waals surface area contributed by atoms with Crippen molar-refractivity contribution in [3.05, 3.63) is 59.7 Å². The summed E-state index contributed by atoms with van der Waals surface area (Å²) in [7, 11) is 0. The van der Waals surface area contributed by atoms with Gasteiger partial charge in [0.2, 0.25) is 6.79 Å².